The zero-order chi connectivity index (χ0) is 18.6. The number of amides is 1. The van der Waals surface area contributed by atoms with Gasteiger partial charge in [0.25, 0.3) is 0 Å². The summed E-state index contributed by atoms with van der Waals surface area (Å²) in [5.41, 5.74) is 3.88. The van der Waals surface area contributed by atoms with Gasteiger partial charge in [-0.25, -0.2) is 9.97 Å². The maximum Gasteiger partial charge on any atom is 0.226 e. The molecule has 1 amide bonds. The predicted molar refractivity (Wildman–Crippen MR) is 103 cm³/mol. The number of pyridine rings is 1. The monoisotopic (exact) mass is 359 g/mol. The summed E-state index contributed by atoms with van der Waals surface area (Å²) in [4.78, 5) is 21.0. The van der Waals surface area contributed by atoms with Crippen molar-refractivity contribution in [2.75, 3.05) is 0 Å². The Labute approximate surface area is 157 Å². The van der Waals surface area contributed by atoms with E-state index in [2.05, 4.69) is 32.0 Å². The highest BCUT2D eigenvalue weighted by molar-refractivity contribution is 5.78. The van der Waals surface area contributed by atoms with Crippen LogP contribution in [0, 0.1) is 6.92 Å². The van der Waals surface area contributed by atoms with Crippen molar-refractivity contribution in [3.8, 4) is 0 Å². The van der Waals surface area contributed by atoms with E-state index in [4.69, 9.17) is 0 Å². The molecule has 1 aromatic carbocycles. The molecule has 27 heavy (non-hydrogen) atoms. The molecule has 0 spiro atoms. The van der Waals surface area contributed by atoms with Crippen molar-refractivity contribution in [1.29, 1.82) is 0 Å². The number of carbonyl (C=O) groups excluding carboxylic acids is 1. The van der Waals surface area contributed by atoms with Crippen molar-refractivity contribution in [1.82, 2.24) is 24.3 Å². The largest absolute Gasteiger partial charge is 0.352 e. The van der Waals surface area contributed by atoms with Gasteiger partial charge >= 0.3 is 0 Å². The first kappa shape index (κ1) is 17.0. The molecule has 4 aromatic rings. The van der Waals surface area contributed by atoms with Crippen LogP contribution in [0.1, 0.15) is 22.6 Å². The second-order valence-electron chi connectivity index (χ2n) is 6.57. The lowest BCUT2D eigenvalue weighted by molar-refractivity contribution is -0.120. The highest BCUT2D eigenvalue weighted by atomic mass is 16.1. The molecule has 0 saturated heterocycles. The Hall–Kier alpha value is -3.41. The average Bonchev–Trinajstić information content (AvgIpc) is 3.26. The first-order chi connectivity index (χ1) is 13.2. The number of nitrogens with one attached hydrogen (secondary N) is 1. The van der Waals surface area contributed by atoms with Crippen LogP contribution in [0.5, 0.6) is 0 Å². The van der Waals surface area contributed by atoms with E-state index in [9.17, 15) is 4.79 Å². The summed E-state index contributed by atoms with van der Waals surface area (Å²) in [6.07, 6.45) is 7.87. The van der Waals surface area contributed by atoms with Crippen LogP contribution in [-0.2, 0) is 24.3 Å². The maximum absolute atomic E-state index is 12.3. The summed E-state index contributed by atoms with van der Waals surface area (Å²) in [5, 5.41) is 2.98. The Morgan fingerprint density at radius 3 is 2.81 bits per heavy atom. The Balaban J connectivity index is 1.36. The van der Waals surface area contributed by atoms with E-state index in [-0.39, 0.29) is 12.3 Å². The molecule has 0 fully saturated rings. The Morgan fingerprint density at radius 2 is 2.00 bits per heavy atom. The molecule has 4 rings (SSSR count). The molecular weight excluding hydrogens is 338 g/mol. The Morgan fingerprint density at radius 1 is 1.11 bits per heavy atom. The second-order valence-corrected chi connectivity index (χ2v) is 6.57. The first-order valence-electron chi connectivity index (χ1n) is 8.92. The first-order valence-corrected chi connectivity index (χ1v) is 8.92. The van der Waals surface area contributed by atoms with Gasteiger partial charge in [-0.3, -0.25) is 4.79 Å². The van der Waals surface area contributed by atoms with Gasteiger partial charge in [0.05, 0.1) is 12.1 Å². The average molecular weight is 359 g/mol. The second kappa shape index (κ2) is 7.45. The molecule has 0 atom stereocenters. The predicted octanol–water partition coefficient (Wildman–Crippen LogP) is 2.75. The van der Waals surface area contributed by atoms with Crippen molar-refractivity contribution in [2.24, 2.45) is 0 Å². The van der Waals surface area contributed by atoms with E-state index in [1.54, 1.807) is 6.20 Å². The normalized spacial score (nSPS) is 11.0. The van der Waals surface area contributed by atoms with Crippen LogP contribution in [0.3, 0.4) is 0 Å². The number of rotatable bonds is 6. The lowest BCUT2D eigenvalue weighted by Gasteiger charge is -2.09. The molecule has 3 heterocycles. The molecule has 1 N–H and O–H groups in total. The third kappa shape index (κ3) is 4.06. The van der Waals surface area contributed by atoms with Crippen molar-refractivity contribution < 1.29 is 4.79 Å². The third-order valence-electron chi connectivity index (χ3n) is 4.51. The van der Waals surface area contributed by atoms with Gasteiger partial charge in [-0.05, 0) is 30.2 Å². The van der Waals surface area contributed by atoms with Crippen LogP contribution in [0.2, 0.25) is 0 Å². The molecule has 0 saturated carbocycles. The highest BCUT2D eigenvalue weighted by Crippen LogP contribution is 2.09. The summed E-state index contributed by atoms with van der Waals surface area (Å²) in [5.74, 6) is 0.954. The van der Waals surface area contributed by atoms with Gasteiger partial charge in [0.15, 0.2) is 0 Å². The molecule has 6 nitrogen and oxygen atoms in total. The van der Waals surface area contributed by atoms with Gasteiger partial charge < -0.3 is 14.3 Å². The quantitative estimate of drug-likeness (QED) is 0.576. The van der Waals surface area contributed by atoms with Gasteiger partial charge in [-0.2, -0.15) is 0 Å². The number of benzene rings is 1. The third-order valence-corrected chi connectivity index (χ3v) is 4.51. The van der Waals surface area contributed by atoms with Crippen LogP contribution >= 0.6 is 0 Å². The van der Waals surface area contributed by atoms with Gasteiger partial charge in [0.2, 0.25) is 5.91 Å². The van der Waals surface area contributed by atoms with E-state index in [1.807, 2.05) is 60.2 Å². The molecule has 0 aliphatic rings. The number of aryl methyl sites for hydroxylation is 1. The van der Waals surface area contributed by atoms with Crippen molar-refractivity contribution >= 4 is 11.6 Å². The van der Waals surface area contributed by atoms with Crippen LogP contribution < -0.4 is 5.32 Å². The zero-order valence-electron chi connectivity index (χ0n) is 15.2. The van der Waals surface area contributed by atoms with Gasteiger partial charge in [-0.15, -0.1) is 0 Å². The highest BCUT2D eigenvalue weighted by Gasteiger charge is 2.08. The molecule has 0 aliphatic heterocycles. The van der Waals surface area contributed by atoms with Gasteiger partial charge in [-0.1, -0.05) is 30.3 Å². The van der Waals surface area contributed by atoms with Crippen molar-refractivity contribution in [2.45, 2.75) is 26.4 Å². The van der Waals surface area contributed by atoms with Gasteiger partial charge in [0.1, 0.15) is 11.5 Å². The topological polar surface area (TPSA) is 64.2 Å². The number of hydrogen-bond donors (Lipinski definition) is 1. The fraction of sp³-hybridized carbons (Fsp3) is 0.190. The minimum Gasteiger partial charge on any atom is -0.352 e. The van der Waals surface area contributed by atoms with Gasteiger partial charge in [0, 0.05) is 37.9 Å². The Kier molecular flexibility index (Phi) is 4.70. The molecule has 0 bridgehead atoms. The molecule has 6 heteroatoms. The van der Waals surface area contributed by atoms with E-state index in [0.717, 1.165) is 29.3 Å². The minimum atomic E-state index is -0.0331. The fourth-order valence-electron chi connectivity index (χ4n) is 3.11. The molecular formula is C21H21N5O. The summed E-state index contributed by atoms with van der Waals surface area (Å²) >= 11 is 0. The maximum atomic E-state index is 12.3. The number of hydrogen-bond acceptors (Lipinski definition) is 3. The molecule has 136 valence electrons. The van der Waals surface area contributed by atoms with Crippen molar-refractivity contribution in [3.63, 3.8) is 0 Å². The van der Waals surface area contributed by atoms with Crippen LogP contribution in [0.15, 0.2) is 67.3 Å². The molecule has 3 aromatic heterocycles. The summed E-state index contributed by atoms with van der Waals surface area (Å²) in [6.45, 7) is 3.27. The lowest BCUT2D eigenvalue weighted by Crippen LogP contribution is -2.24. The molecule has 0 aliphatic carbocycles. The van der Waals surface area contributed by atoms with E-state index in [1.165, 1.54) is 5.56 Å². The molecule has 0 unspecified atom stereocenters. The van der Waals surface area contributed by atoms with E-state index < -0.39 is 0 Å². The summed E-state index contributed by atoms with van der Waals surface area (Å²) in [6, 6.07) is 14.0. The summed E-state index contributed by atoms with van der Waals surface area (Å²) in [7, 11) is 0. The van der Waals surface area contributed by atoms with Crippen LogP contribution in [0.25, 0.3) is 5.65 Å². The SMILES string of the molecule is Cc1nccn1Cc1cccc(CNC(=O)Cc2cn3ccccc3n2)c1. The van der Waals surface area contributed by atoms with Crippen molar-refractivity contribution in [3.05, 3.63) is 89.9 Å². The standard InChI is InChI=1S/C21H21N5O/c1-16-22-8-10-25(16)14-18-6-4-5-17(11-18)13-23-21(27)12-19-15-26-9-3-2-7-20(26)24-19/h2-11,15H,12-14H2,1H3,(H,23,27). The minimum absolute atomic E-state index is 0.0331. The van der Waals surface area contributed by atoms with E-state index >= 15 is 0 Å². The molecule has 0 radical (unpaired) electrons. The van der Waals surface area contributed by atoms with Crippen LogP contribution in [0.4, 0.5) is 0 Å². The zero-order valence-corrected chi connectivity index (χ0v) is 15.2. The number of carbonyl (C=O) groups is 1. The number of nitrogens with zero attached hydrogens (tertiary/aromatic N) is 4. The Bertz CT molecular complexity index is 1050. The number of fused-ring (bicyclic) bond motifs is 1. The number of aromatic nitrogens is 4. The van der Waals surface area contributed by atoms with Crippen LogP contribution in [-0.4, -0.2) is 24.8 Å². The smallest absolute Gasteiger partial charge is 0.226 e. The number of imidazole rings is 2. The summed E-state index contributed by atoms with van der Waals surface area (Å²) < 4.78 is 4.02. The van der Waals surface area contributed by atoms with E-state index in [0.29, 0.717) is 6.54 Å². The lowest BCUT2D eigenvalue weighted by atomic mass is 10.1. The fourth-order valence-corrected chi connectivity index (χ4v) is 3.11.